The fraction of sp³-hybridized carbons (Fsp3) is 0.333. The molecule has 4 nitrogen and oxygen atoms in total. The van der Waals surface area contributed by atoms with Gasteiger partial charge in [-0.1, -0.05) is 24.6 Å². The van der Waals surface area contributed by atoms with Crippen LogP contribution in [-0.2, 0) is 4.79 Å². The summed E-state index contributed by atoms with van der Waals surface area (Å²) in [6.07, 6.45) is 3.06. The number of rotatable bonds is 3. The van der Waals surface area contributed by atoms with Crippen LogP contribution in [0.2, 0.25) is 5.02 Å². The maximum absolute atomic E-state index is 12.5. The number of amides is 1. The van der Waals surface area contributed by atoms with Gasteiger partial charge in [0.05, 0.1) is 10.6 Å². The summed E-state index contributed by atoms with van der Waals surface area (Å²) in [5, 5.41) is 4.09. The zero-order valence-corrected chi connectivity index (χ0v) is 19.3. The number of anilines is 1. The number of thioether (sulfide) groups is 1. The number of benzene rings is 2. The molecular weight excluding hydrogens is 414 g/mol. The molecule has 2 heterocycles. The molecule has 0 aliphatic carbocycles. The van der Waals surface area contributed by atoms with Crippen molar-refractivity contribution in [2.24, 2.45) is 4.99 Å². The quantitative estimate of drug-likeness (QED) is 0.567. The topological polar surface area (TPSA) is 44.7 Å². The van der Waals surface area contributed by atoms with Gasteiger partial charge in [-0.25, -0.2) is 4.99 Å². The lowest BCUT2D eigenvalue weighted by atomic mass is 9.79. The molecule has 1 fully saturated rings. The highest BCUT2D eigenvalue weighted by molar-refractivity contribution is 8.18. The van der Waals surface area contributed by atoms with Crippen LogP contribution in [0.5, 0.6) is 0 Å². The molecular formula is C24H26ClN3OS. The summed E-state index contributed by atoms with van der Waals surface area (Å²) in [5.41, 5.74) is 4.60. The Morgan fingerprint density at radius 1 is 1.27 bits per heavy atom. The number of carbonyl (C=O) groups is 1. The molecule has 2 aromatic rings. The fourth-order valence-corrected chi connectivity index (χ4v) is 5.43. The Hall–Kier alpha value is -2.24. The molecule has 30 heavy (non-hydrogen) atoms. The van der Waals surface area contributed by atoms with Gasteiger partial charge in [-0.15, -0.1) is 0 Å². The number of hydrogen-bond donors (Lipinski definition) is 1. The molecule has 0 aromatic heterocycles. The number of hydrogen-bond acceptors (Lipinski definition) is 4. The van der Waals surface area contributed by atoms with Gasteiger partial charge in [0.25, 0.3) is 5.91 Å². The van der Waals surface area contributed by atoms with Crippen LogP contribution in [0.4, 0.5) is 11.4 Å². The van der Waals surface area contributed by atoms with Gasteiger partial charge in [0.1, 0.15) is 0 Å². The predicted octanol–water partition coefficient (Wildman–Crippen LogP) is 6.34. The van der Waals surface area contributed by atoms with Gasteiger partial charge in [-0.3, -0.25) is 4.79 Å². The van der Waals surface area contributed by atoms with Gasteiger partial charge in [0, 0.05) is 22.8 Å². The largest absolute Gasteiger partial charge is 0.366 e. The van der Waals surface area contributed by atoms with E-state index in [1.807, 2.05) is 18.2 Å². The Labute approximate surface area is 187 Å². The summed E-state index contributed by atoms with van der Waals surface area (Å²) < 4.78 is 0. The molecule has 2 aliphatic rings. The number of halogens is 1. The van der Waals surface area contributed by atoms with E-state index in [0.29, 0.717) is 21.0 Å². The second-order valence-corrected chi connectivity index (χ2v) is 9.91. The minimum Gasteiger partial charge on any atom is -0.366 e. The molecule has 1 atom stereocenters. The van der Waals surface area contributed by atoms with Crippen LogP contribution in [0.3, 0.4) is 0 Å². The van der Waals surface area contributed by atoms with Gasteiger partial charge in [0.15, 0.2) is 5.17 Å². The SMILES string of the molecule is CCN1c2ccc(/C=C3\SC(=Nc4ccc(Cl)cc4)NC3=O)cc2[C@@H](C)CC1(C)C. The van der Waals surface area contributed by atoms with E-state index >= 15 is 0 Å². The monoisotopic (exact) mass is 439 g/mol. The molecule has 4 rings (SSSR count). The van der Waals surface area contributed by atoms with Crippen LogP contribution >= 0.6 is 23.4 Å². The third-order valence-electron chi connectivity index (χ3n) is 5.73. The second-order valence-electron chi connectivity index (χ2n) is 8.44. The third kappa shape index (κ3) is 4.14. The lowest BCUT2D eigenvalue weighted by molar-refractivity contribution is -0.115. The van der Waals surface area contributed by atoms with Crippen molar-refractivity contribution in [1.82, 2.24) is 5.32 Å². The van der Waals surface area contributed by atoms with E-state index in [-0.39, 0.29) is 11.4 Å². The van der Waals surface area contributed by atoms with E-state index in [0.717, 1.165) is 24.2 Å². The van der Waals surface area contributed by atoms with E-state index < -0.39 is 0 Å². The van der Waals surface area contributed by atoms with Crippen molar-refractivity contribution in [2.75, 3.05) is 11.4 Å². The maximum atomic E-state index is 12.5. The molecule has 2 aromatic carbocycles. The number of fused-ring (bicyclic) bond motifs is 1. The Morgan fingerprint density at radius 2 is 2.00 bits per heavy atom. The van der Waals surface area contributed by atoms with Crippen molar-refractivity contribution in [3.05, 3.63) is 63.5 Å². The molecule has 1 N–H and O–H groups in total. The Balaban J connectivity index is 1.60. The van der Waals surface area contributed by atoms with Crippen molar-refractivity contribution in [3.8, 4) is 0 Å². The molecule has 2 aliphatic heterocycles. The Morgan fingerprint density at radius 3 is 2.70 bits per heavy atom. The standard InChI is InChI=1S/C24H26ClN3OS/c1-5-28-20-11-6-16(12-19(20)15(2)14-24(28,3)4)13-21-22(29)27-23(30-21)26-18-9-7-17(25)8-10-18/h6-13,15H,5,14H2,1-4H3,(H,26,27,29)/b21-13-/t15-/m0/s1. The lowest BCUT2D eigenvalue weighted by Gasteiger charge is -2.47. The van der Waals surface area contributed by atoms with Crippen molar-refractivity contribution < 1.29 is 4.79 Å². The average molecular weight is 440 g/mol. The van der Waals surface area contributed by atoms with E-state index in [1.54, 1.807) is 12.1 Å². The molecule has 1 amide bonds. The van der Waals surface area contributed by atoms with Gasteiger partial charge in [0.2, 0.25) is 0 Å². The number of carbonyl (C=O) groups excluding carboxylic acids is 1. The molecule has 0 spiro atoms. The van der Waals surface area contributed by atoms with Crippen LogP contribution in [0, 0.1) is 0 Å². The number of amidine groups is 1. The van der Waals surface area contributed by atoms with E-state index in [2.05, 4.69) is 61.1 Å². The van der Waals surface area contributed by atoms with Crippen molar-refractivity contribution >= 4 is 51.9 Å². The molecule has 0 unspecified atom stereocenters. The minimum absolute atomic E-state index is 0.116. The van der Waals surface area contributed by atoms with E-state index in [4.69, 9.17) is 11.6 Å². The van der Waals surface area contributed by atoms with Gasteiger partial charge in [-0.2, -0.15) is 0 Å². The zero-order chi connectivity index (χ0) is 21.5. The third-order valence-corrected chi connectivity index (χ3v) is 6.89. The smallest absolute Gasteiger partial charge is 0.264 e. The van der Waals surface area contributed by atoms with Crippen LogP contribution in [0.15, 0.2) is 52.4 Å². The Kier molecular flexibility index (Phi) is 5.69. The summed E-state index contributed by atoms with van der Waals surface area (Å²) in [5.74, 6) is 0.359. The van der Waals surface area contributed by atoms with Gasteiger partial charge in [-0.05, 0) is 98.5 Å². The van der Waals surface area contributed by atoms with Crippen LogP contribution in [-0.4, -0.2) is 23.2 Å². The van der Waals surface area contributed by atoms with Crippen LogP contribution < -0.4 is 10.2 Å². The fourth-order valence-electron chi connectivity index (χ4n) is 4.46. The first-order valence-corrected chi connectivity index (χ1v) is 11.4. The first-order valence-electron chi connectivity index (χ1n) is 10.2. The summed E-state index contributed by atoms with van der Waals surface area (Å²) >= 11 is 7.29. The normalized spacial score (nSPS) is 23.0. The number of nitrogens with zero attached hydrogens (tertiary/aromatic N) is 2. The van der Waals surface area contributed by atoms with Gasteiger partial charge < -0.3 is 10.2 Å². The highest BCUT2D eigenvalue weighted by Crippen LogP contribution is 2.43. The molecule has 6 heteroatoms. The molecule has 0 bridgehead atoms. The zero-order valence-electron chi connectivity index (χ0n) is 17.7. The molecule has 1 saturated heterocycles. The van der Waals surface area contributed by atoms with Crippen molar-refractivity contribution in [3.63, 3.8) is 0 Å². The molecule has 0 saturated carbocycles. The van der Waals surface area contributed by atoms with E-state index in [9.17, 15) is 4.79 Å². The summed E-state index contributed by atoms with van der Waals surface area (Å²) in [6, 6.07) is 13.8. The number of nitrogens with one attached hydrogen (secondary N) is 1. The maximum Gasteiger partial charge on any atom is 0.264 e. The summed E-state index contributed by atoms with van der Waals surface area (Å²) in [4.78, 5) is 20.1. The average Bonchev–Trinajstić information content (AvgIpc) is 3.02. The number of aliphatic imine (C=N–C) groups is 1. The van der Waals surface area contributed by atoms with Crippen LogP contribution in [0.1, 0.15) is 51.2 Å². The van der Waals surface area contributed by atoms with Crippen molar-refractivity contribution in [2.45, 2.75) is 45.6 Å². The minimum atomic E-state index is -0.116. The van der Waals surface area contributed by atoms with Gasteiger partial charge >= 0.3 is 0 Å². The summed E-state index contributed by atoms with van der Waals surface area (Å²) in [6.45, 7) is 10.1. The van der Waals surface area contributed by atoms with Crippen LogP contribution in [0.25, 0.3) is 6.08 Å². The first-order chi connectivity index (χ1) is 14.3. The predicted molar refractivity (Wildman–Crippen MR) is 129 cm³/mol. The van der Waals surface area contributed by atoms with E-state index in [1.165, 1.54) is 23.0 Å². The second kappa shape index (κ2) is 8.12. The summed E-state index contributed by atoms with van der Waals surface area (Å²) in [7, 11) is 0. The first kappa shape index (κ1) is 21.0. The highest BCUT2D eigenvalue weighted by Gasteiger charge is 2.35. The molecule has 0 radical (unpaired) electrons. The van der Waals surface area contributed by atoms with Crippen molar-refractivity contribution in [1.29, 1.82) is 0 Å². The lowest BCUT2D eigenvalue weighted by Crippen LogP contribution is -2.48. The highest BCUT2D eigenvalue weighted by atomic mass is 35.5. The Bertz CT molecular complexity index is 1040. The molecule has 156 valence electrons.